The molecular formula is C21H22N2O6. The van der Waals surface area contributed by atoms with E-state index in [1.807, 2.05) is 0 Å². The number of hydrogen-bond donors (Lipinski definition) is 1. The fraction of sp³-hybridized carbons (Fsp3) is 0.333. The zero-order valence-corrected chi connectivity index (χ0v) is 16.3. The first-order valence-corrected chi connectivity index (χ1v) is 9.32. The van der Waals surface area contributed by atoms with Crippen LogP contribution in [0.3, 0.4) is 0 Å². The van der Waals surface area contributed by atoms with Gasteiger partial charge in [0.05, 0.1) is 25.8 Å². The molecule has 1 N–H and O–H groups in total. The maximum atomic E-state index is 12.7. The van der Waals surface area contributed by atoms with Crippen molar-refractivity contribution in [3.8, 4) is 23.0 Å². The van der Waals surface area contributed by atoms with E-state index in [4.69, 9.17) is 18.9 Å². The molecule has 8 heteroatoms. The van der Waals surface area contributed by atoms with Gasteiger partial charge < -0.3 is 29.2 Å². The van der Waals surface area contributed by atoms with Crippen LogP contribution in [0.5, 0.6) is 23.0 Å². The number of methoxy groups -OCH3 is 2. The predicted molar refractivity (Wildman–Crippen MR) is 106 cm³/mol. The Hall–Kier alpha value is -3.42. The molecule has 2 aliphatic rings. The van der Waals surface area contributed by atoms with E-state index in [9.17, 15) is 9.59 Å². The van der Waals surface area contributed by atoms with Gasteiger partial charge in [-0.15, -0.1) is 0 Å². The van der Waals surface area contributed by atoms with Crippen molar-refractivity contribution in [3.63, 3.8) is 0 Å². The van der Waals surface area contributed by atoms with Gasteiger partial charge in [0.1, 0.15) is 24.7 Å². The van der Waals surface area contributed by atoms with Crippen LogP contribution in [0.1, 0.15) is 6.42 Å². The number of nitrogens with zero attached hydrogens (tertiary/aromatic N) is 1. The smallest absolute Gasteiger partial charge is 0.229 e. The molecule has 2 aromatic carbocycles. The first-order valence-electron chi connectivity index (χ1n) is 9.32. The largest absolute Gasteiger partial charge is 0.497 e. The molecule has 0 radical (unpaired) electrons. The minimum Gasteiger partial charge on any atom is -0.497 e. The lowest BCUT2D eigenvalue weighted by atomic mass is 10.1. The second-order valence-electron chi connectivity index (χ2n) is 6.79. The molecule has 0 aromatic heterocycles. The van der Waals surface area contributed by atoms with Gasteiger partial charge >= 0.3 is 0 Å². The maximum absolute atomic E-state index is 12.7. The van der Waals surface area contributed by atoms with Crippen molar-refractivity contribution in [2.45, 2.75) is 6.42 Å². The van der Waals surface area contributed by atoms with Crippen LogP contribution < -0.4 is 29.2 Å². The summed E-state index contributed by atoms with van der Waals surface area (Å²) in [5.74, 6) is 1.59. The zero-order chi connectivity index (χ0) is 20.4. The number of anilines is 2. The van der Waals surface area contributed by atoms with E-state index in [1.165, 1.54) is 7.11 Å². The molecule has 2 heterocycles. The van der Waals surface area contributed by atoms with Gasteiger partial charge in [0.2, 0.25) is 11.8 Å². The molecule has 0 aliphatic carbocycles. The lowest BCUT2D eigenvalue weighted by Crippen LogP contribution is -2.28. The number of fused-ring (bicyclic) bond motifs is 1. The molecule has 1 saturated heterocycles. The van der Waals surface area contributed by atoms with Crippen LogP contribution in [0.15, 0.2) is 36.4 Å². The van der Waals surface area contributed by atoms with Gasteiger partial charge in [0.25, 0.3) is 0 Å². The van der Waals surface area contributed by atoms with Gasteiger partial charge in [-0.25, -0.2) is 0 Å². The third kappa shape index (κ3) is 3.78. The Labute approximate surface area is 168 Å². The Morgan fingerprint density at radius 3 is 2.62 bits per heavy atom. The second-order valence-corrected chi connectivity index (χ2v) is 6.79. The standard InChI is InChI=1S/C21H22N2O6/c1-26-15-4-5-16(18(11-15)27-2)23-12-13(9-20(23)24)21(25)22-14-3-6-17-19(10-14)29-8-7-28-17/h3-6,10-11,13H,7-9,12H2,1-2H3,(H,22,25)/t13-/m1/s1. The molecule has 2 aliphatic heterocycles. The van der Waals surface area contributed by atoms with E-state index < -0.39 is 5.92 Å². The molecule has 152 valence electrons. The summed E-state index contributed by atoms with van der Waals surface area (Å²) in [5, 5.41) is 2.87. The van der Waals surface area contributed by atoms with Crippen molar-refractivity contribution >= 4 is 23.2 Å². The maximum Gasteiger partial charge on any atom is 0.229 e. The molecular weight excluding hydrogens is 376 g/mol. The summed E-state index contributed by atoms with van der Waals surface area (Å²) < 4.78 is 21.6. The first-order chi connectivity index (χ1) is 14.1. The average Bonchev–Trinajstić information content (AvgIpc) is 3.14. The lowest BCUT2D eigenvalue weighted by Gasteiger charge is -2.20. The third-order valence-electron chi connectivity index (χ3n) is 4.98. The number of amides is 2. The number of carbonyl (C=O) groups excluding carboxylic acids is 2. The minimum absolute atomic E-state index is 0.129. The van der Waals surface area contributed by atoms with Gasteiger partial charge in [-0.2, -0.15) is 0 Å². The molecule has 2 aromatic rings. The summed E-state index contributed by atoms with van der Waals surface area (Å²) in [5.41, 5.74) is 1.22. The first kappa shape index (κ1) is 18.9. The number of carbonyl (C=O) groups is 2. The van der Waals surface area contributed by atoms with Gasteiger partial charge in [-0.3, -0.25) is 9.59 Å². The van der Waals surface area contributed by atoms with Crippen molar-refractivity contribution in [1.82, 2.24) is 0 Å². The Balaban J connectivity index is 1.47. The molecule has 29 heavy (non-hydrogen) atoms. The normalized spacial score (nSPS) is 17.8. The van der Waals surface area contributed by atoms with Crippen LogP contribution in [0.2, 0.25) is 0 Å². The molecule has 0 spiro atoms. The molecule has 8 nitrogen and oxygen atoms in total. The number of nitrogens with one attached hydrogen (secondary N) is 1. The van der Waals surface area contributed by atoms with Gasteiger partial charge in [-0.05, 0) is 24.3 Å². The minimum atomic E-state index is -0.470. The van der Waals surface area contributed by atoms with E-state index in [2.05, 4.69) is 5.32 Å². The van der Waals surface area contributed by atoms with E-state index in [0.29, 0.717) is 47.6 Å². The number of ether oxygens (including phenoxy) is 4. The molecule has 0 saturated carbocycles. The van der Waals surface area contributed by atoms with Gasteiger partial charge in [0.15, 0.2) is 11.5 Å². The molecule has 2 amide bonds. The molecule has 1 fully saturated rings. The Kier molecular flexibility index (Phi) is 5.16. The van der Waals surface area contributed by atoms with Crippen LogP contribution >= 0.6 is 0 Å². The SMILES string of the molecule is COc1ccc(N2C[C@H](C(=O)Nc3ccc4c(c3)OCCO4)CC2=O)c(OC)c1. The molecule has 4 rings (SSSR count). The quantitative estimate of drug-likeness (QED) is 0.833. The van der Waals surface area contributed by atoms with Crippen LogP contribution in [0.4, 0.5) is 11.4 Å². The highest BCUT2D eigenvalue weighted by Crippen LogP contribution is 2.36. The van der Waals surface area contributed by atoms with Gasteiger partial charge in [-0.1, -0.05) is 0 Å². The summed E-state index contributed by atoms with van der Waals surface area (Å²) in [6.07, 6.45) is 0.131. The zero-order valence-electron chi connectivity index (χ0n) is 16.3. The van der Waals surface area contributed by atoms with Crippen LogP contribution in [0.25, 0.3) is 0 Å². The van der Waals surface area contributed by atoms with Crippen molar-refractivity contribution in [3.05, 3.63) is 36.4 Å². The summed E-state index contributed by atoms with van der Waals surface area (Å²) >= 11 is 0. The molecule has 1 atom stereocenters. The van der Waals surface area contributed by atoms with E-state index >= 15 is 0 Å². The number of hydrogen-bond acceptors (Lipinski definition) is 6. The fourth-order valence-corrected chi connectivity index (χ4v) is 3.49. The molecule has 0 bridgehead atoms. The second kappa shape index (κ2) is 7.90. The summed E-state index contributed by atoms with van der Waals surface area (Å²) in [6.45, 7) is 1.26. The molecule has 0 unspecified atom stereocenters. The highest BCUT2D eigenvalue weighted by molar-refractivity contribution is 6.04. The topological polar surface area (TPSA) is 86.3 Å². The van der Waals surface area contributed by atoms with E-state index in [1.54, 1.807) is 48.4 Å². The number of benzene rings is 2. The average molecular weight is 398 g/mol. The lowest BCUT2D eigenvalue weighted by molar-refractivity contribution is -0.122. The predicted octanol–water partition coefficient (Wildman–Crippen LogP) is 2.47. The Bertz CT molecular complexity index is 945. The summed E-state index contributed by atoms with van der Waals surface area (Å²) in [4.78, 5) is 26.9. The van der Waals surface area contributed by atoms with Gasteiger partial charge in [0, 0.05) is 30.8 Å². The van der Waals surface area contributed by atoms with Crippen LogP contribution in [0, 0.1) is 5.92 Å². The fourth-order valence-electron chi connectivity index (χ4n) is 3.49. The summed E-state index contributed by atoms with van der Waals surface area (Å²) in [6, 6.07) is 10.5. The van der Waals surface area contributed by atoms with Crippen molar-refractivity contribution in [2.75, 3.05) is 44.2 Å². The third-order valence-corrected chi connectivity index (χ3v) is 4.98. The van der Waals surface area contributed by atoms with E-state index in [0.717, 1.165) is 0 Å². The number of rotatable bonds is 5. The Morgan fingerprint density at radius 2 is 1.86 bits per heavy atom. The Morgan fingerprint density at radius 1 is 1.07 bits per heavy atom. The van der Waals surface area contributed by atoms with Crippen molar-refractivity contribution < 1.29 is 28.5 Å². The van der Waals surface area contributed by atoms with Crippen molar-refractivity contribution in [1.29, 1.82) is 0 Å². The monoisotopic (exact) mass is 398 g/mol. The highest BCUT2D eigenvalue weighted by Gasteiger charge is 2.36. The summed E-state index contributed by atoms with van der Waals surface area (Å²) in [7, 11) is 3.10. The van der Waals surface area contributed by atoms with Crippen LogP contribution in [-0.2, 0) is 9.59 Å². The van der Waals surface area contributed by atoms with Crippen LogP contribution in [-0.4, -0.2) is 45.8 Å². The van der Waals surface area contributed by atoms with Crippen molar-refractivity contribution in [2.24, 2.45) is 5.92 Å². The highest BCUT2D eigenvalue weighted by atomic mass is 16.6. The van der Waals surface area contributed by atoms with E-state index in [-0.39, 0.29) is 24.8 Å².